The Balaban J connectivity index is 1.88. The molecule has 0 radical (unpaired) electrons. The van der Waals surface area contributed by atoms with Gasteiger partial charge >= 0.3 is 0 Å². The van der Waals surface area contributed by atoms with Gasteiger partial charge < -0.3 is 14.6 Å². The van der Waals surface area contributed by atoms with Crippen molar-refractivity contribution >= 4 is 11.6 Å². The number of furan rings is 1. The van der Waals surface area contributed by atoms with Gasteiger partial charge in [-0.1, -0.05) is 36.4 Å². The van der Waals surface area contributed by atoms with E-state index in [4.69, 9.17) is 4.42 Å². The van der Waals surface area contributed by atoms with Crippen LogP contribution in [0.15, 0.2) is 77.4 Å². The number of carbonyl (C=O) groups is 1. The zero-order chi connectivity index (χ0) is 16.9. The summed E-state index contributed by atoms with van der Waals surface area (Å²) in [6.45, 7) is 0. The maximum atomic E-state index is 12.7. The lowest BCUT2D eigenvalue weighted by Crippen LogP contribution is -2.29. The summed E-state index contributed by atoms with van der Waals surface area (Å²) in [7, 11) is 3.90. The Morgan fingerprint density at radius 1 is 1.00 bits per heavy atom. The molecule has 1 amide bonds. The number of benzene rings is 2. The van der Waals surface area contributed by atoms with Crippen molar-refractivity contribution in [2.75, 3.05) is 19.0 Å². The predicted octanol–water partition coefficient (Wildman–Crippen LogP) is 3.87. The van der Waals surface area contributed by atoms with Gasteiger partial charge in [0.1, 0.15) is 11.8 Å². The smallest absolute Gasteiger partial charge is 0.252 e. The fourth-order valence-corrected chi connectivity index (χ4v) is 2.56. The number of nitrogens with one attached hydrogen (secondary N) is 1. The van der Waals surface area contributed by atoms with Crippen molar-refractivity contribution in [3.8, 4) is 0 Å². The maximum Gasteiger partial charge on any atom is 0.252 e. The Kier molecular flexibility index (Phi) is 4.66. The van der Waals surface area contributed by atoms with Crippen LogP contribution in [0.4, 0.5) is 5.69 Å². The van der Waals surface area contributed by atoms with Crippen LogP contribution in [0.25, 0.3) is 0 Å². The molecule has 1 N–H and O–H groups in total. The molecule has 0 aliphatic rings. The van der Waals surface area contributed by atoms with Crippen molar-refractivity contribution in [2.24, 2.45) is 0 Å². The number of anilines is 1. The second kappa shape index (κ2) is 7.04. The molecule has 24 heavy (non-hydrogen) atoms. The van der Waals surface area contributed by atoms with Gasteiger partial charge in [-0.2, -0.15) is 0 Å². The molecule has 1 atom stereocenters. The SMILES string of the molecule is CN(C)c1cccc(C(=O)NC(c2ccccc2)c2ccco2)c1. The highest BCUT2D eigenvalue weighted by Gasteiger charge is 2.20. The number of carbonyl (C=O) groups excluding carboxylic acids is 1. The minimum atomic E-state index is -0.322. The summed E-state index contributed by atoms with van der Waals surface area (Å²) in [5.41, 5.74) is 2.58. The lowest BCUT2D eigenvalue weighted by atomic mass is 10.0. The minimum Gasteiger partial charge on any atom is -0.467 e. The van der Waals surface area contributed by atoms with Crippen LogP contribution in [-0.2, 0) is 0 Å². The zero-order valence-electron chi connectivity index (χ0n) is 13.8. The average Bonchev–Trinajstić information content (AvgIpc) is 3.14. The van der Waals surface area contributed by atoms with Crippen LogP contribution >= 0.6 is 0 Å². The highest BCUT2D eigenvalue weighted by Crippen LogP contribution is 2.23. The van der Waals surface area contributed by atoms with Crippen molar-refractivity contribution in [3.63, 3.8) is 0 Å². The molecular formula is C20H20N2O2. The largest absolute Gasteiger partial charge is 0.467 e. The van der Waals surface area contributed by atoms with Crippen LogP contribution < -0.4 is 10.2 Å². The molecule has 4 heteroatoms. The van der Waals surface area contributed by atoms with Gasteiger partial charge in [-0.05, 0) is 35.9 Å². The van der Waals surface area contributed by atoms with E-state index in [1.807, 2.05) is 85.7 Å². The maximum absolute atomic E-state index is 12.7. The van der Waals surface area contributed by atoms with Crippen LogP contribution in [0.1, 0.15) is 27.7 Å². The van der Waals surface area contributed by atoms with Gasteiger partial charge in [0.25, 0.3) is 5.91 Å². The average molecular weight is 320 g/mol. The van der Waals surface area contributed by atoms with Crippen molar-refractivity contribution < 1.29 is 9.21 Å². The third kappa shape index (κ3) is 3.49. The standard InChI is InChI=1S/C20H20N2O2/c1-22(2)17-11-6-10-16(14-17)20(23)21-19(18-12-7-13-24-18)15-8-4-3-5-9-15/h3-14,19H,1-2H3,(H,21,23). The second-order valence-corrected chi connectivity index (χ2v) is 5.78. The molecule has 3 rings (SSSR count). The van der Waals surface area contributed by atoms with E-state index in [0.29, 0.717) is 11.3 Å². The summed E-state index contributed by atoms with van der Waals surface area (Å²) in [5, 5.41) is 3.07. The van der Waals surface area contributed by atoms with E-state index in [1.54, 1.807) is 6.26 Å². The number of rotatable bonds is 5. The van der Waals surface area contributed by atoms with Crippen LogP contribution in [0.5, 0.6) is 0 Å². The Bertz CT molecular complexity index is 796. The molecule has 2 aromatic carbocycles. The summed E-state index contributed by atoms with van der Waals surface area (Å²) in [5.74, 6) is 0.572. The lowest BCUT2D eigenvalue weighted by Gasteiger charge is -2.18. The van der Waals surface area contributed by atoms with E-state index in [2.05, 4.69) is 5.32 Å². The zero-order valence-corrected chi connectivity index (χ0v) is 13.8. The van der Waals surface area contributed by atoms with Crippen molar-refractivity contribution in [1.82, 2.24) is 5.32 Å². The Hall–Kier alpha value is -3.01. The Labute approximate surface area is 141 Å². The summed E-state index contributed by atoms with van der Waals surface area (Å²) in [6, 6.07) is 20.7. The predicted molar refractivity (Wildman–Crippen MR) is 95.2 cm³/mol. The van der Waals surface area contributed by atoms with Crippen molar-refractivity contribution in [2.45, 2.75) is 6.04 Å². The molecule has 0 saturated heterocycles. The molecule has 0 aliphatic heterocycles. The molecule has 0 saturated carbocycles. The summed E-state index contributed by atoms with van der Waals surface area (Å²) < 4.78 is 5.53. The topological polar surface area (TPSA) is 45.5 Å². The van der Waals surface area contributed by atoms with Gasteiger partial charge in [0.2, 0.25) is 0 Å². The highest BCUT2D eigenvalue weighted by molar-refractivity contribution is 5.95. The first-order valence-electron chi connectivity index (χ1n) is 7.82. The summed E-state index contributed by atoms with van der Waals surface area (Å²) in [4.78, 5) is 14.7. The van der Waals surface area contributed by atoms with E-state index in [9.17, 15) is 4.79 Å². The van der Waals surface area contributed by atoms with E-state index in [0.717, 1.165) is 11.3 Å². The molecule has 0 aliphatic carbocycles. The van der Waals surface area contributed by atoms with Gasteiger partial charge in [-0.25, -0.2) is 0 Å². The summed E-state index contributed by atoms with van der Waals surface area (Å²) in [6.07, 6.45) is 1.62. The van der Waals surface area contributed by atoms with Gasteiger partial charge in [0, 0.05) is 25.3 Å². The Morgan fingerprint density at radius 2 is 1.79 bits per heavy atom. The normalized spacial score (nSPS) is 11.8. The van der Waals surface area contributed by atoms with Crippen LogP contribution in [0.3, 0.4) is 0 Å². The molecule has 0 bridgehead atoms. The first-order chi connectivity index (χ1) is 11.6. The van der Waals surface area contributed by atoms with Crippen LogP contribution in [0.2, 0.25) is 0 Å². The molecule has 1 unspecified atom stereocenters. The minimum absolute atomic E-state index is 0.135. The monoisotopic (exact) mass is 320 g/mol. The van der Waals surface area contributed by atoms with Gasteiger partial charge in [-0.15, -0.1) is 0 Å². The molecule has 0 fully saturated rings. The molecule has 4 nitrogen and oxygen atoms in total. The van der Waals surface area contributed by atoms with Gasteiger partial charge in [0.05, 0.1) is 6.26 Å². The molecule has 122 valence electrons. The van der Waals surface area contributed by atoms with E-state index >= 15 is 0 Å². The molecule has 1 aromatic heterocycles. The van der Waals surface area contributed by atoms with E-state index in [-0.39, 0.29) is 11.9 Å². The molecule has 3 aromatic rings. The van der Waals surface area contributed by atoms with Gasteiger partial charge in [0.15, 0.2) is 0 Å². The third-order valence-electron chi connectivity index (χ3n) is 3.86. The third-order valence-corrected chi connectivity index (χ3v) is 3.86. The number of amides is 1. The van der Waals surface area contributed by atoms with Crippen LogP contribution in [-0.4, -0.2) is 20.0 Å². The summed E-state index contributed by atoms with van der Waals surface area (Å²) >= 11 is 0. The van der Waals surface area contributed by atoms with Crippen molar-refractivity contribution in [1.29, 1.82) is 0 Å². The molecule has 0 spiro atoms. The fourth-order valence-electron chi connectivity index (χ4n) is 2.56. The highest BCUT2D eigenvalue weighted by atomic mass is 16.3. The number of hydrogen-bond acceptors (Lipinski definition) is 3. The lowest BCUT2D eigenvalue weighted by molar-refractivity contribution is 0.0939. The quantitative estimate of drug-likeness (QED) is 0.776. The van der Waals surface area contributed by atoms with Crippen LogP contribution in [0, 0.1) is 0 Å². The van der Waals surface area contributed by atoms with E-state index < -0.39 is 0 Å². The van der Waals surface area contributed by atoms with Gasteiger partial charge in [-0.3, -0.25) is 4.79 Å². The first-order valence-corrected chi connectivity index (χ1v) is 7.82. The Morgan fingerprint density at radius 3 is 2.46 bits per heavy atom. The fraction of sp³-hybridized carbons (Fsp3) is 0.150. The second-order valence-electron chi connectivity index (χ2n) is 5.78. The first kappa shape index (κ1) is 15.9. The van der Waals surface area contributed by atoms with Crippen molar-refractivity contribution in [3.05, 3.63) is 89.9 Å². The number of nitrogens with zero attached hydrogens (tertiary/aromatic N) is 1. The molecule has 1 heterocycles. The molecular weight excluding hydrogens is 300 g/mol. The number of hydrogen-bond donors (Lipinski definition) is 1. The van der Waals surface area contributed by atoms with E-state index in [1.165, 1.54) is 0 Å².